The van der Waals surface area contributed by atoms with Crippen molar-refractivity contribution in [3.05, 3.63) is 24.3 Å². The van der Waals surface area contributed by atoms with Crippen LogP contribution >= 0.6 is 0 Å². The third kappa shape index (κ3) is 5.06. The van der Waals surface area contributed by atoms with Crippen molar-refractivity contribution in [2.75, 3.05) is 25.0 Å². The SMILES string of the molecule is NC(N)=NC(N)=Nc1cccc(NC(=O)CN2CCCC2)c1. The molecule has 0 saturated carbocycles. The van der Waals surface area contributed by atoms with Crippen LogP contribution in [-0.2, 0) is 4.79 Å². The first-order valence-corrected chi connectivity index (χ1v) is 7.09. The number of nitrogens with zero attached hydrogens (tertiary/aromatic N) is 3. The molecule has 22 heavy (non-hydrogen) atoms. The molecule has 1 aliphatic rings. The number of nitrogens with two attached hydrogens (primary N) is 3. The zero-order valence-corrected chi connectivity index (χ0v) is 12.3. The summed E-state index contributed by atoms with van der Waals surface area (Å²) in [6.45, 7) is 2.36. The molecule has 8 nitrogen and oxygen atoms in total. The first-order chi connectivity index (χ1) is 10.5. The first kappa shape index (κ1) is 15.8. The number of amides is 1. The van der Waals surface area contributed by atoms with Gasteiger partial charge in [-0.2, -0.15) is 4.99 Å². The van der Waals surface area contributed by atoms with Crippen LogP contribution in [0.5, 0.6) is 0 Å². The topological polar surface area (TPSA) is 135 Å². The lowest BCUT2D eigenvalue weighted by molar-refractivity contribution is -0.117. The molecule has 2 rings (SSSR count). The smallest absolute Gasteiger partial charge is 0.238 e. The highest BCUT2D eigenvalue weighted by molar-refractivity contribution is 5.94. The van der Waals surface area contributed by atoms with E-state index in [9.17, 15) is 4.79 Å². The molecule has 0 bridgehead atoms. The van der Waals surface area contributed by atoms with Gasteiger partial charge >= 0.3 is 0 Å². The second-order valence-corrected chi connectivity index (χ2v) is 5.09. The molecule has 8 heteroatoms. The number of rotatable bonds is 4. The number of likely N-dealkylation sites (tertiary alicyclic amines) is 1. The van der Waals surface area contributed by atoms with Gasteiger partial charge in [0.15, 0.2) is 5.96 Å². The van der Waals surface area contributed by atoms with E-state index in [1.165, 1.54) is 0 Å². The number of anilines is 1. The Balaban J connectivity index is 1.98. The van der Waals surface area contributed by atoms with Gasteiger partial charge < -0.3 is 22.5 Å². The van der Waals surface area contributed by atoms with Crippen LogP contribution in [0.25, 0.3) is 0 Å². The van der Waals surface area contributed by atoms with Crippen LogP contribution in [0.2, 0.25) is 0 Å². The van der Waals surface area contributed by atoms with Crippen LogP contribution in [0.15, 0.2) is 34.3 Å². The minimum absolute atomic E-state index is 0.0412. The zero-order chi connectivity index (χ0) is 15.9. The Hall–Kier alpha value is -2.61. The Kier molecular flexibility index (Phi) is 5.31. The molecule has 1 aromatic carbocycles. The maximum atomic E-state index is 12.0. The van der Waals surface area contributed by atoms with Crippen molar-refractivity contribution in [1.29, 1.82) is 0 Å². The Labute approximate surface area is 129 Å². The van der Waals surface area contributed by atoms with Gasteiger partial charge in [0, 0.05) is 5.69 Å². The van der Waals surface area contributed by atoms with Crippen molar-refractivity contribution in [1.82, 2.24) is 4.90 Å². The molecule has 0 aromatic heterocycles. The first-order valence-electron chi connectivity index (χ1n) is 7.09. The van der Waals surface area contributed by atoms with Gasteiger partial charge in [-0.05, 0) is 44.1 Å². The quantitative estimate of drug-likeness (QED) is 0.456. The summed E-state index contributed by atoms with van der Waals surface area (Å²) in [5.41, 5.74) is 17.2. The molecule has 1 amide bonds. The Morgan fingerprint density at radius 2 is 1.95 bits per heavy atom. The highest BCUT2D eigenvalue weighted by Crippen LogP contribution is 2.18. The fourth-order valence-electron chi connectivity index (χ4n) is 2.29. The third-order valence-corrected chi connectivity index (χ3v) is 3.18. The molecular weight excluding hydrogens is 282 g/mol. The summed E-state index contributed by atoms with van der Waals surface area (Å²) in [4.78, 5) is 21.8. The largest absolute Gasteiger partial charge is 0.370 e. The highest BCUT2D eigenvalue weighted by Gasteiger charge is 2.15. The van der Waals surface area contributed by atoms with Crippen molar-refractivity contribution in [3.63, 3.8) is 0 Å². The maximum Gasteiger partial charge on any atom is 0.238 e. The minimum Gasteiger partial charge on any atom is -0.370 e. The molecule has 0 unspecified atom stereocenters. The summed E-state index contributed by atoms with van der Waals surface area (Å²) in [6.07, 6.45) is 2.31. The highest BCUT2D eigenvalue weighted by atomic mass is 16.2. The third-order valence-electron chi connectivity index (χ3n) is 3.18. The molecule has 7 N–H and O–H groups in total. The van der Waals surface area contributed by atoms with Gasteiger partial charge in [0.1, 0.15) is 0 Å². The van der Waals surface area contributed by atoms with E-state index in [4.69, 9.17) is 17.2 Å². The fraction of sp³-hybridized carbons (Fsp3) is 0.357. The normalized spacial score (nSPS) is 15.5. The van der Waals surface area contributed by atoms with Crippen molar-refractivity contribution in [3.8, 4) is 0 Å². The van der Waals surface area contributed by atoms with Gasteiger partial charge in [0.2, 0.25) is 11.9 Å². The number of benzene rings is 1. The number of hydrogen-bond donors (Lipinski definition) is 4. The van der Waals surface area contributed by atoms with Gasteiger partial charge in [-0.3, -0.25) is 9.69 Å². The monoisotopic (exact) mass is 303 g/mol. The van der Waals surface area contributed by atoms with E-state index in [0.717, 1.165) is 25.9 Å². The summed E-state index contributed by atoms with van der Waals surface area (Å²) in [5.74, 6) is -0.239. The molecule has 0 atom stereocenters. The molecule has 0 radical (unpaired) electrons. The Morgan fingerprint density at radius 1 is 1.23 bits per heavy atom. The second kappa shape index (κ2) is 7.41. The van der Waals surface area contributed by atoms with E-state index in [-0.39, 0.29) is 17.8 Å². The van der Waals surface area contributed by atoms with Crippen LogP contribution < -0.4 is 22.5 Å². The Bertz CT molecular complexity index is 587. The van der Waals surface area contributed by atoms with E-state index in [0.29, 0.717) is 17.9 Å². The fourth-order valence-corrected chi connectivity index (χ4v) is 2.29. The van der Waals surface area contributed by atoms with Crippen molar-refractivity contribution < 1.29 is 4.79 Å². The second-order valence-electron chi connectivity index (χ2n) is 5.09. The van der Waals surface area contributed by atoms with Crippen LogP contribution in [0, 0.1) is 0 Å². The van der Waals surface area contributed by atoms with Crippen LogP contribution in [-0.4, -0.2) is 42.4 Å². The van der Waals surface area contributed by atoms with Crippen LogP contribution in [0.3, 0.4) is 0 Å². The number of aliphatic imine (C=N–C) groups is 2. The van der Waals surface area contributed by atoms with E-state index >= 15 is 0 Å². The molecule has 118 valence electrons. The number of nitrogens with one attached hydrogen (secondary N) is 1. The van der Waals surface area contributed by atoms with Gasteiger partial charge in [-0.25, -0.2) is 4.99 Å². The average Bonchev–Trinajstić information content (AvgIpc) is 2.90. The van der Waals surface area contributed by atoms with Gasteiger partial charge in [0.05, 0.1) is 12.2 Å². The molecule has 1 aliphatic heterocycles. The zero-order valence-electron chi connectivity index (χ0n) is 12.3. The predicted molar refractivity (Wildman–Crippen MR) is 87.8 cm³/mol. The summed E-state index contributed by atoms with van der Waals surface area (Å²) in [6, 6.07) is 7.01. The van der Waals surface area contributed by atoms with Crippen LogP contribution in [0.4, 0.5) is 11.4 Å². The molecule has 1 saturated heterocycles. The van der Waals surface area contributed by atoms with Crippen molar-refractivity contribution in [2.24, 2.45) is 27.2 Å². The van der Waals surface area contributed by atoms with Crippen molar-refractivity contribution in [2.45, 2.75) is 12.8 Å². The number of carbonyl (C=O) groups is 1. The molecule has 1 aromatic rings. The lowest BCUT2D eigenvalue weighted by Gasteiger charge is -2.14. The molecule has 0 spiro atoms. The lowest BCUT2D eigenvalue weighted by atomic mass is 10.3. The molecule has 0 aliphatic carbocycles. The number of guanidine groups is 2. The summed E-state index contributed by atoms with van der Waals surface area (Å²) in [7, 11) is 0. The lowest BCUT2D eigenvalue weighted by Crippen LogP contribution is -2.30. The molecule has 1 heterocycles. The van der Waals surface area contributed by atoms with Crippen molar-refractivity contribution >= 4 is 29.2 Å². The predicted octanol–water partition coefficient (Wildman–Crippen LogP) is -0.0595. The van der Waals surface area contributed by atoms with E-state index < -0.39 is 0 Å². The van der Waals surface area contributed by atoms with Crippen LogP contribution in [0.1, 0.15) is 12.8 Å². The summed E-state index contributed by atoms with van der Waals surface area (Å²) < 4.78 is 0. The van der Waals surface area contributed by atoms with E-state index in [2.05, 4.69) is 20.2 Å². The number of carbonyl (C=O) groups excluding carboxylic acids is 1. The van der Waals surface area contributed by atoms with Gasteiger partial charge in [-0.1, -0.05) is 6.07 Å². The standard InChI is InChI=1S/C14H21N7O/c15-13(16)20-14(17)19-11-5-3-4-10(8-11)18-12(22)9-21-6-1-2-7-21/h3-5,8H,1-2,6-7,9H2,(H,18,22)(H6,15,16,17,19,20). The Morgan fingerprint density at radius 3 is 2.64 bits per heavy atom. The summed E-state index contributed by atoms with van der Waals surface area (Å²) >= 11 is 0. The van der Waals surface area contributed by atoms with Gasteiger partial charge in [-0.15, -0.1) is 0 Å². The average molecular weight is 303 g/mol. The summed E-state index contributed by atoms with van der Waals surface area (Å²) in [5, 5.41) is 2.85. The molecular formula is C14H21N7O. The number of hydrogen-bond acceptors (Lipinski definition) is 3. The van der Waals surface area contributed by atoms with E-state index in [1.54, 1.807) is 24.3 Å². The maximum absolute atomic E-state index is 12.0. The van der Waals surface area contributed by atoms with E-state index in [1.807, 2.05) is 0 Å². The minimum atomic E-state index is -0.156. The van der Waals surface area contributed by atoms with Gasteiger partial charge in [0.25, 0.3) is 0 Å². The molecule has 1 fully saturated rings.